The molecule has 1 aliphatic rings. The SMILES string of the molecule is CCCCNC1CCCC1C.CCO. The highest BCUT2D eigenvalue weighted by atomic mass is 16.2. The van der Waals surface area contributed by atoms with Crippen LogP contribution in [0.3, 0.4) is 0 Å². The van der Waals surface area contributed by atoms with Gasteiger partial charge in [-0.05, 0) is 38.6 Å². The maximum atomic E-state index is 7.57. The highest BCUT2D eigenvalue weighted by molar-refractivity contribution is 4.79. The van der Waals surface area contributed by atoms with Crippen molar-refractivity contribution in [1.29, 1.82) is 0 Å². The highest BCUT2D eigenvalue weighted by Crippen LogP contribution is 2.24. The molecule has 0 amide bonds. The lowest BCUT2D eigenvalue weighted by Gasteiger charge is -2.16. The maximum absolute atomic E-state index is 7.57. The van der Waals surface area contributed by atoms with Crippen LogP contribution in [0.2, 0.25) is 0 Å². The Morgan fingerprint density at radius 2 is 1.93 bits per heavy atom. The summed E-state index contributed by atoms with van der Waals surface area (Å²) in [6.45, 7) is 7.78. The van der Waals surface area contributed by atoms with Crippen LogP contribution in [-0.2, 0) is 0 Å². The summed E-state index contributed by atoms with van der Waals surface area (Å²) >= 11 is 0. The van der Waals surface area contributed by atoms with Crippen LogP contribution in [0.5, 0.6) is 0 Å². The van der Waals surface area contributed by atoms with Crippen LogP contribution in [0, 0.1) is 5.92 Å². The summed E-state index contributed by atoms with van der Waals surface area (Å²) in [5.41, 5.74) is 0. The molecule has 1 saturated carbocycles. The molecular weight excluding hydrogens is 174 g/mol. The van der Waals surface area contributed by atoms with Crippen molar-refractivity contribution < 1.29 is 5.11 Å². The molecule has 2 atom stereocenters. The van der Waals surface area contributed by atoms with E-state index in [0.29, 0.717) is 0 Å². The Hall–Kier alpha value is -0.0800. The van der Waals surface area contributed by atoms with Crippen molar-refractivity contribution >= 4 is 0 Å². The zero-order valence-electron chi connectivity index (χ0n) is 10.1. The Balaban J connectivity index is 0.000000500. The molecule has 0 aliphatic heterocycles. The Kier molecular flexibility index (Phi) is 9.42. The van der Waals surface area contributed by atoms with Crippen LogP contribution >= 0.6 is 0 Å². The number of aliphatic hydroxyl groups is 1. The van der Waals surface area contributed by atoms with E-state index in [0.717, 1.165) is 12.0 Å². The number of unbranched alkanes of at least 4 members (excludes halogenated alkanes) is 1. The monoisotopic (exact) mass is 201 g/mol. The fraction of sp³-hybridized carbons (Fsp3) is 1.00. The number of hydrogen-bond donors (Lipinski definition) is 2. The van der Waals surface area contributed by atoms with Gasteiger partial charge in [0.1, 0.15) is 0 Å². The number of rotatable bonds is 4. The number of aliphatic hydroxyl groups excluding tert-OH is 1. The number of nitrogens with one attached hydrogen (secondary N) is 1. The summed E-state index contributed by atoms with van der Waals surface area (Å²) in [5, 5.41) is 11.2. The van der Waals surface area contributed by atoms with Gasteiger partial charge in [0.25, 0.3) is 0 Å². The molecule has 14 heavy (non-hydrogen) atoms. The fourth-order valence-electron chi connectivity index (χ4n) is 1.91. The molecule has 86 valence electrons. The second kappa shape index (κ2) is 9.47. The molecule has 0 aromatic rings. The van der Waals surface area contributed by atoms with Crippen molar-refractivity contribution in [3.05, 3.63) is 0 Å². The van der Waals surface area contributed by atoms with E-state index in [1.54, 1.807) is 6.92 Å². The van der Waals surface area contributed by atoms with Gasteiger partial charge in [0.15, 0.2) is 0 Å². The predicted octanol–water partition coefficient (Wildman–Crippen LogP) is 2.56. The maximum Gasteiger partial charge on any atom is 0.0402 e. The van der Waals surface area contributed by atoms with Gasteiger partial charge in [0.2, 0.25) is 0 Å². The first kappa shape index (κ1) is 13.9. The van der Waals surface area contributed by atoms with E-state index in [-0.39, 0.29) is 6.61 Å². The smallest absolute Gasteiger partial charge is 0.0402 e. The Morgan fingerprint density at radius 1 is 1.29 bits per heavy atom. The van der Waals surface area contributed by atoms with Gasteiger partial charge in [-0.3, -0.25) is 0 Å². The van der Waals surface area contributed by atoms with Gasteiger partial charge in [0.05, 0.1) is 0 Å². The second-order valence-corrected chi connectivity index (χ2v) is 4.14. The third-order valence-corrected chi connectivity index (χ3v) is 2.80. The Morgan fingerprint density at radius 3 is 2.36 bits per heavy atom. The van der Waals surface area contributed by atoms with Crippen LogP contribution in [0.25, 0.3) is 0 Å². The minimum Gasteiger partial charge on any atom is -0.397 e. The van der Waals surface area contributed by atoms with Crippen LogP contribution in [-0.4, -0.2) is 24.3 Å². The van der Waals surface area contributed by atoms with Gasteiger partial charge in [-0.25, -0.2) is 0 Å². The molecule has 0 bridgehead atoms. The van der Waals surface area contributed by atoms with Crippen molar-refractivity contribution in [3.8, 4) is 0 Å². The molecule has 1 aliphatic carbocycles. The molecule has 0 aromatic carbocycles. The van der Waals surface area contributed by atoms with E-state index in [1.807, 2.05) is 0 Å². The van der Waals surface area contributed by atoms with Crippen LogP contribution in [0.1, 0.15) is 52.9 Å². The first-order chi connectivity index (χ1) is 6.76. The normalized spacial score (nSPS) is 25.7. The van der Waals surface area contributed by atoms with Gasteiger partial charge in [0, 0.05) is 12.6 Å². The van der Waals surface area contributed by atoms with Crippen molar-refractivity contribution in [3.63, 3.8) is 0 Å². The first-order valence-electron chi connectivity index (χ1n) is 6.10. The number of hydrogen-bond acceptors (Lipinski definition) is 2. The van der Waals surface area contributed by atoms with E-state index < -0.39 is 0 Å². The second-order valence-electron chi connectivity index (χ2n) is 4.14. The summed E-state index contributed by atoms with van der Waals surface area (Å²) in [7, 11) is 0. The standard InChI is InChI=1S/C10H21N.C2H6O/c1-3-4-8-11-10-7-5-6-9(10)2;1-2-3/h9-11H,3-8H2,1-2H3;3H,2H2,1H3. The van der Waals surface area contributed by atoms with Gasteiger partial charge < -0.3 is 10.4 Å². The molecule has 2 unspecified atom stereocenters. The average molecular weight is 201 g/mol. The quantitative estimate of drug-likeness (QED) is 0.685. The van der Waals surface area contributed by atoms with Gasteiger partial charge in [-0.15, -0.1) is 0 Å². The summed E-state index contributed by atoms with van der Waals surface area (Å²) in [6.07, 6.45) is 6.93. The summed E-state index contributed by atoms with van der Waals surface area (Å²) in [6, 6.07) is 0.835. The highest BCUT2D eigenvalue weighted by Gasteiger charge is 2.21. The molecule has 0 heterocycles. The van der Waals surface area contributed by atoms with Gasteiger partial charge in [-0.2, -0.15) is 0 Å². The van der Waals surface area contributed by atoms with Gasteiger partial charge >= 0.3 is 0 Å². The molecule has 1 rings (SSSR count). The van der Waals surface area contributed by atoms with Crippen LogP contribution in [0.15, 0.2) is 0 Å². The summed E-state index contributed by atoms with van der Waals surface area (Å²) in [5.74, 6) is 0.923. The summed E-state index contributed by atoms with van der Waals surface area (Å²) in [4.78, 5) is 0. The van der Waals surface area contributed by atoms with Crippen LogP contribution in [0.4, 0.5) is 0 Å². The van der Waals surface area contributed by atoms with E-state index in [2.05, 4.69) is 19.2 Å². The topological polar surface area (TPSA) is 32.3 Å². The molecule has 0 spiro atoms. The Labute approximate surface area is 89.1 Å². The van der Waals surface area contributed by atoms with Crippen molar-refractivity contribution in [1.82, 2.24) is 5.32 Å². The molecule has 2 heteroatoms. The lowest BCUT2D eigenvalue weighted by molar-refractivity contribution is 0.318. The molecule has 2 nitrogen and oxygen atoms in total. The summed E-state index contributed by atoms with van der Waals surface area (Å²) < 4.78 is 0. The van der Waals surface area contributed by atoms with E-state index in [4.69, 9.17) is 5.11 Å². The third kappa shape index (κ3) is 6.39. The zero-order chi connectivity index (χ0) is 10.8. The van der Waals surface area contributed by atoms with E-state index in [9.17, 15) is 0 Å². The lowest BCUT2D eigenvalue weighted by Crippen LogP contribution is -2.31. The molecule has 0 radical (unpaired) electrons. The minimum absolute atomic E-state index is 0.250. The van der Waals surface area contributed by atoms with Crippen molar-refractivity contribution in [2.75, 3.05) is 13.2 Å². The molecule has 1 fully saturated rings. The molecular formula is C12H27NO. The predicted molar refractivity (Wildman–Crippen MR) is 62.5 cm³/mol. The van der Waals surface area contributed by atoms with Gasteiger partial charge in [-0.1, -0.05) is 26.7 Å². The first-order valence-corrected chi connectivity index (χ1v) is 6.10. The Bertz CT molecular complexity index is 117. The van der Waals surface area contributed by atoms with E-state index >= 15 is 0 Å². The lowest BCUT2D eigenvalue weighted by atomic mass is 10.1. The zero-order valence-corrected chi connectivity index (χ0v) is 10.1. The minimum atomic E-state index is 0.250. The van der Waals surface area contributed by atoms with E-state index in [1.165, 1.54) is 38.6 Å². The average Bonchev–Trinajstić information content (AvgIpc) is 2.54. The van der Waals surface area contributed by atoms with Crippen molar-refractivity contribution in [2.45, 2.75) is 58.9 Å². The molecule has 2 N–H and O–H groups in total. The molecule has 0 aromatic heterocycles. The largest absolute Gasteiger partial charge is 0.397 e. The molecule has 0 saturated heterocycles. The van der Waals surface area contributed by atoms with Crippen LogP contribution < -0.4 is 5.32 Å². The fourth-order valence-corrected chi connectivity index (χ4v) is 1.91. The van der Waals surface area contributed by atoms with Crippen molar-refractivity contribution in [2.24, 2.45) is 5.92 Å². The third-order valence-electron chi connectivity index (χ3n) is 2.80.